The third kappa shape index (κ3) is 4.65. The molecule has 4 nitrogen and oxygen atoms in total. The third-order valence-electron chi connectivity index (χ3n) is 4.16. The number of hydrogen-bond acceptors (Lipinski definition) is 2. The highest BCUT2D eigenvalue weighted by atomic mass is 35.5. The predicted octanol–water partition coefficient (Wildman–Crippen LogP) is 4.45. The Labute approximate surface area is 162 Å². The molecule has 0 unspecified atom stereocenters. The van der Waals surface area contributed by atoms with E-state index in [2.05, 4.69) is 5.32 Å². The summed E-state index contributed by atoms with van der Waals surface area (Å²) in [5, 5.41) is 3.91. The molecule has 1 saturated heterocycles. The minimum Gasteiger partial charge on any atom is -0.348 e. The van der Waals surface area contributed by atoms with Gasteiger partial charge in [0.1, 0.15) is 0 Å². The summed E-state index contributed by atoms with van der Waals surface area (Å²) in [5.41, 5.74) is 2.55. The molecule has 0 aliphatic carbocycles. The van der Waals surface area contributed by atoms with Crippen molar-refractivity contribution in [1.82, 2.24) is 5.32 Å². The van der Waals surface area contributed by atoms with Crippen molar-refractivity contribution >= 4 is 46.8 Å². The van der Waals surface area contributed by atoms with Crippen LogP contribution in [-0.4, -0.2) is 18.4 Å². The first-order chi connectivity index (χ1) is 12.5. The first-order valence-corrected chi connectivity index (χ1v) is 9.09. The molecule has 2 aromatic rings. The Balaban J connectivity index is 1.55. The first kappa shape index (κ1) is 18.5. The summed E-state index contributed by atoms with van der Waals surface area (Å²) in [6.45, 7) is 1.17. The molecule has 0 spiro atoms. The van der Waals surface area contributed by atoms with Gasteiger partial charge in [-0.25, -0.2) is 0 Å². The van der Waals surface area contributed by atoms with Crippen LogP contribution in [0.3, 0.4) is 0 Å². The predicted molar refractivity (Wildman–Crippen MR) is 105 cm³/mol. The molecule has 0 atom stereocenters. The molecule has 2 aromatic carbocycles. The van der Waals surface area contributed by atoms with Crippen molar-refractivity contribution in [2.75, 3.05) is 11.4 Å². The topological polar surface area (TPSA) is 49.4 Å². The van der Waals surface area contributed by atoms with Crippen molar-refractivity contribution in [3.8, 4) is 0 Å². The lowest BCUT2D eigenvalue weighted by atomic mass is 10.2. The van der Waals surface area contributed by atoms with Crippen LogP contribution in [0.5, 0.6) is 0 Å². The number of nitrogens with zero attached hydrogens (tertiary/aromatic N) is 1. The Morgan fingerprint density at radius 2 is 1.92 bits per heavy atom. The highest BCUT2D eigenvalue weighted by molar-refractivity contribution is 6.34. The molecule has 26 heavy (non-hydrogen) atoms. The second-order valence-corrected chi connectivity index (χ2v) is 6.88. The average Bonchev–Trinajstić information content (AvgIpc) is 3.07. The first-order valence-electron chi connectivity index (χ1n) is 8.33. The van der Waals surface area contributed by atoms with Crippen LogP contribution in [0, 0.1) is 0 Å². The van der Waals surface area contributed by atoms with Gasteiger partial charge in [0.15, 0.2) is 0 Å². The highest BCUT2D eigenvalue weighted by Crippen LogP contribution is 2.22. The van der Waals surface area contributed by atoms with Crippen LogP contribution in [0.1, 0.15) is 24.0 Å². The van der Waals surface area contributed by atoms with Crippen molar-refractivity contribution in [3.05, 3.63) is 69.7 Å². The second kappa shape index (κ2) is 8.39. The Morgan fingerprint density at radius 3 is 2.62 bits per heavy atom. The van der Waals surface area contributed by atoms with E-state index in [4.69, 9.17) is 23.2 Å². The molecular weight excluding hydrogens is 371 g/mol. The number of anilines is 1. The van der Waals surface area contributed by atoms with Crippen molar-refractivity contribution in [2.45, 2.75) is 19.4 Å². The van der Waals surface area contributed by atoms with Crippen molar-refractivity contribution in [2.24, 2.45) is 0 Å². The van der Waals surface area contributed by atoms with Crippen molar-refractivity contribution < 1.29 is 9.59 Å². The van der Waals surface area contributed by atoms with Crippen molar-refractivity contribution in [3.63, 3.8) is 0 Å². The molecular formula is C20H18Cl2N2O2. The number of hydrogen-bond donors (Lipinski definition) is 1. The largest absolute Gasteiger partial charge is 0.348 e. The van der Waals surface area contributed by atoms with Gasteiger partial charge < -0.3 is 10.2 Å². The molecule has 1 fully saturated rings. The standard InChI is InChI=1S/C20H18Cl2N2O2/c21-16-6-9-18(22)15(12-16)5-10-19(25)23-13-14-3-7-17(8-4-14)24-11-1-2-20(24)26/h3-10,12H,1-2,11,13H2,(H,23,25)/b10-5+. The Morgan fingerprint density at radius 1 is 1.15 bits per heavy atom. The monoisotopic (exact) mass is 388 g/mol. The fourth-order valence-electron chi connectivity index (χ4n) is 2.77. The molecule has 0 saturated carbocycles. The molecule has 0 radical (unpaired) electrons. The van der Waals surface area contributed by atoms with Gasteiger partial charge in [-0.3, -0.25) is 9.59 Å². The number of benzene rings is 2. The van der Waals surface area contributed by atoms with Crippen LogP contribution in [0.2, 0.25) is 10.0 Å². The molecule has 1 aliphatic heterocycles. The summed E-state index contributed by atoms with van der Waals surface area (Å²) in [4.78, 5) is 25.5. The van der Waals surface area contributed by atoms with E-state index >= 15 is 0 Å². The van der Waals surface area contributed by atoms with Crippen LogP contribution in [0.4, 0.5) is 5.69 Å². The molecule has 0 aromatic heterocycles. The lowest BCUT2D eigenvalue weighted by molar-refractivity contribution is -0.117. The van der Waals surface area contributed by atoms with E-state index in [1.54, 1.807) is 29.2 Å². The summed E-state index contributed by atoms with van der Waals surface area (Å²) in [7, 11) is 0. The van der Waals surface area contributed by atoms with Gasteiger partial charge in [0.05, 0.1) is 0 Å². The normalized spacial score (nSPS) is 14.2. The number of nitrogens with one attached hydrogen (secondary N) is 1. The van der Waals surface area contributed by atoms with E-state index in [0.717, 1.165) is 24.2 Å². The Bertz CT molecular complexity index is 847. The smallest absolute Gasteiger partial charge is 0.244 e. The maximum absolute atomic E-state index is 12.0. The van der Waals surface area contributed by atoms with Gasteiger partial charge in [-0.05, 0) is 54.0 Å². The Hall–Kier alpha value is -2.30. The minimum atomic E-state index is -0.222. The van der Waals surface area contributed by atoms with E-state index in [1.807, 2.05) is 24.3 Å². The van der Waals surface area contributed by atoms with E-state index < -0.39 is 0 Å². The minimum absolute atomic E-state index is 0.163. The van der Waals surface area contributed by atoms with Crippen molar-refractivity contribution in [1.29, 1.82) is 0 Å². The number of amides is 2. The van der Waals surface area contributed by atoms with E-state index in [9.17, 15) is 9.59 Å². The zero-order chi connectivity index (χ0) is 18.5. The quantitative estimate of drug-likeness (QED) is 0.769. The summed E-state index contributed by atoms with van der Waals surface area (Å²) in [6, 6.07) is 12.7. The number of rotatable bonds is 5. The van der Waals surface area contributed by atoms with Gasteiger partial charge in [0, 0.05) is 41.3 Å². The summed E-state index contributed by atoms with van der Waals surface area (Å²) in [6.07, 6.45) is 4.57. The van der Waals surface area contributed by atoms with Crippen LogP contribution in [-0.2, 0) is 16.1 Å². The van der Waals surface area contributed by atoms with Crippen LogP contribution in [0.25, 0.3) is 6.08 Å². The van der Waals surface area contributed by atoms with Crippen LogP contribution in [0.15, 0.2) is 48.5 Å². The number of carbonyl (C=O) groups excluding carboxylic acids is 2. The van der Waals surface area contributed by atoms with Crippen LogP contribution >= 0.6 is 23.2 Å². The summed E-state index contributed by atoms with van der Waals surface area (Å²) < 4.78 is 0. The molecule has 0 bridgehead atoms. The van der Waals surface area contributed by atoms with Crippen LogP contribution < -0.4 is 10.2 Å². The molecule has 3 rings (SSSR count). The van der Waals surface area contributed by atoms with Gasteiger partial charge in [-0.2, -0.15) is 0 Å². The van der Waals surface area contributed by atoms with E-state index in [-0.39, 0.29) is 11.8 Å². The average molecular weight is 389 g/mol. The van der Waals surface area contributed by atoms with Gasteiger partial charge in [-0.1, -0.05) is 35.3 Å². The molecule has 1 heterocycles. The summed E-state index contributed by atoms with van der Waals surface area (Å²) in [5.74, 6) is -0.0595. The molecule has 1 N–H and O–H groups in total. The number of halogens is 2. The number of carbonyl (C=O) groups is 2. The molecule has 2 amide bonds. The zero-order valence-corrected chi connectivity index (χ0v) is 15.6. The van der Waals surface area contributed by atoms with Gasteiger partial charge in [0.2, 0.25) is 11.8 Å². The van der Waals surface area contributed by atoms with E-state index in [1.165, 1.54) is 6.08 Å². The lowest BCUT2D eigenvalue weighted by Gasteiger charge is -2.15. The van der Waals surface area contributed by atoms with Gasteiger partial charge in [-0.15, -0.1) is 0 Å². The lowest BCUT2D eigenvalue weighted by Crippen LogP contribution is -2.23. The Kier molecular flexibility index (Phi) is 5.96. The van der Waals surface area contributed by atoms with Gasteiger partial charge in [0.25, 0.3) is 0 Å². The molecule has 134 valence electrons. The fraction of sp³-hybridized carbons (Fsp3) is 0.200. The maximum Gasteiger partial charge on any atom is 0.244 e. The maximum atomic E-state index is 12.0. The second-order valence-electron chi connectivity index (χ2n) is 6.03. The van der Waals surface area contributed by atoms with Gasteiger partial charge >= 0.3 is 0 Å². The highest BCUT2D eigenvalue weighted by Gasteiger charge is 2.21. The SMILES string of the molecule is O=C(/C=C/c1cc(Cl)ccc1Cl)NCc1ccc(N2CCCC2=O)cc1. The summed E-state index contributed by atoms with van der Waals surface area (Å²) >= 11 is 12.0. The van der Waals surface area contributed by atoms with E-state index in [0.29, 0.717) is 28.6 Å². The molecule has 1 aliphatic rings. The fourth-order valence-corrected chi connectivity index (χ4v) is 3.13. The third-order valence-corrected chi connectivity index (χ3v) is 4.74. The molecule has 6 heteroatoms. The zero-order valence-electron chi connectivity index (χ0n) is 14.0.